The van der Waals surface area contributed by atoms with Gasteiger partial charge in [-0.15, -0.1) is 0 Å². The quantitative estimate of drug-likeness (QED) is 0.646. The smallest absolute Gasteiger partial charge is 0.259 e. The molecule has 0 aliphatic heterocycles. The number of anilines is 1. The summed E-state index contributed by atoms with van der Waals surface area (Å²) >= 11 is 18.0. The standard InChI is InChI=1S/C17H16Cl3NO3/c1-3-23-10-5-6-11(16(7-10)24-4-2)17(22)21-15-9-13(19)12(18)8-14(15)20/h5-9H,3-4H2,1-2H3,(H,21,22). The summed E-state index contributed by atoms with van der Waals surface area (Å²) in [5.41, 5.74) is 0.731. The van der Waals surface area contributed by atoms with E-state index in [4.69, 9.17) is 44.3 Å². The summed E-state index contributed by atoms with van der Waals surface area (Å²) in [6.45, 7) is 4.66. The maximum absolute atomic E-state index is 12.6. The Kier molecular flexibility index (Phi) is 6.60. The Morgan fingerprint density at radius 1 is 0.958 bits per heavy atom. The van der Waals surface area contributed by atoms with Crippen LogP contribution in [0, 0.1) is 0 Å². The number of hydrogen-bond donors (Lipinski definition) is 1. The van der Waals surface area contributed by atoms with Crippen molar-refractivity contribution in [1.82, 2.24) is 0 Å². The highest BCUT2D eigenvalue weighted by molar-refractivity contribution is 6.44. The van der Waals surface area contributed by atoms with Gasteiger partial charge in [0.1, 0.15) is 11.5 Å². The molecule has 2 rings (SSSR count). The molecule has 0 heterocycles. The van der Waals surface area contributed by atoms with E-state index in [0.29, 0.717) is 51.0 Å². The summed E-state index contributed by atoms with van der Waals surface area (Å²) in [4.78, 5) is 12.6. The molecule has 0 unspecified atom stereocenters. The molecule has 7 heteroatoms. The fraction of sp³-hybridized carbons (Fsp3) is 0.235. The van der Waals surface area contributed by atoms with Gasteiger partial charge in [0.05, 0.1) is 39.5 Å². The normalized spacial score (nSPS) is 10.4. The van der Waals surface area contributed by atoms with Gasteiger partial charge in [0.15, 0.2) is 0 Å². The van der Waals surface area contributed by atoms with E-state index in [2.05, 4.69) is 5.32 Å². The minimum absolute atomic E-state index is 0.293. The maximum atomic E-state index is 12.6. The monoisotopic (exact) mass is 387 g/mol. The van der Waals surface area contributed by atoms with Crippen LogP contribution in [-0.2, 0) is 0 Å². The summed E-state index contributed by atoms with van der Waals surface area (Å²) in [6, 6.07) is 7.99. The first-order chi connectivity index (χ1) is 11.5. The van der Waals surface area contributed by atoms with Crippen molar-refractivity contribution in [2.45, 2.75) is 13.8 Å². The van der Waals surface area contributed by atoms with E-state index in [9.17, 15) is 4.79 Å². The summed E-state index contributed by atoms with van der Waals surface area (Å²) in [7, 11) is 0. The van der Waals surface area contributed by atoms with Crippen molar-refractivity contribution < 1.29 is 14.3 Å². The van der Waals surface area contributed by atoms with E-state index in [0.717, 1.165) is 0 Å². The third kappa shape index (κ3) is 4.47. The molecule has 0 spiro atoms. The molecule has 0 saturated carbocycles. The largest absolute Gasteiger partial charge is 0.494 e. The number of ether oxygens (including phenoxy) is 2. The van der Waals surface area contributed by atoms with Crippen LogP contribution in [0.1, 0.15) is 24.2 Å². The van der Waals surface area contributed by atoms with Crippen molar-refractivity contribution in [2.24, 2.45) is 0 Å². The maximum Gasteiger partial charge on any atom is 0.259 e. The van der Waals surface area contributed by atoms with Crippen molar-refractivity contribution in [1.29, 1.82) is 0 Å². The van der Waals surface area contributed by atoms with Gasteiger partial charge in [0.2, 0.25) is 0 Å². The van der Waals surface area contributed by atoms with Crippen LogP contribution in [-0.4, -0.2) is 19.1 Å². The van der Waals surface area contributed by atoms with Gasteiger partial charge in [-0.25, -0.2) is 0 Å². The van der Waals surface area contributed by atoms with Crippen molar-refractivity contribution >= 4 is 46.4 Å². The molecule has 0 aliphatic carbocycles. The minimum atomic E-state index is -0.373. The van der Waals surface area contributed by atoms with Crippen LogP contribution in [0.4, 0.5) is 5.69 Å². The summed E-state index contributed by atoms with van der Waals surface area (Å²) in [5.74, 6) is 0.684. The van der Waals surface area contributed by atoms with Gasteiger partial charge >= 0.3 is 0 Å². The first kappa shape index (κ1) is 18.7. The molecule has 0 bridgehead atoms. The number of carbonyl (C=O) groups excluding carboxylic acids is 1. The third-order valence-corrected chi connectivity index (χ3v) is 4.10. The van der Waals surface area contributed by atoms with Gasteiger partial charge in [-0.05, 0) is 38.1 Å². The van der Waals surface area contributed by atoms with Gasteiger partial charge in [-0.2, -0.15) is 0 Å². The Labute approximate surface area is 155 Å². The molecule has 1 amide bonds. The van der Waals surface area contributed by atoms with Crippen LogP contribution < -0.4 is 14.8 Å². The molecular weight excluding hydrogens is 373 g/mol. The van der Waals surface area contributed by atoms with E-state index >= 15 is 0 Å². The topological polar surface area (TPSA) is 47.6 Å². The lowest BCUT2D eigenvalue weighted by atomic mass is 10.1. The average molecular weight is 389 g/mol. The minimum Gasteiger partial charge on any atom is -0.494 e. The van der Waals surface area contributed by atoms with Crippen molar-refractivity contribution in [3.63, 3.8) is 0 Å². The average Bonchev–Trinajstić information content (AvgIpc) is 2.53. The zero-order chi connectivity index (χ0) is 17.7. The van der Waals surface area contributed by atoms with E-state index in [1.165, 1.54) is 12.1 Å². The number of amides is 1. The van der Waals surface area contributed by atoms with Crippen LogP contribution in [0.5, 0.6) is 11.5 Å². The number of carbonyl (C=O) groups is 1. The lowest BCUT2D eigenvalue weighted by Gasteiger charge is -2.13. The predicted octanol–water partition coefficient (Wildman–Crippen LogP) is 5.70. The van der Waals surface area contributed by atoms with Crippen LogP contribution in [0.15, 0.2) is 30.3 Å². The molecule has 2 aromatic carbocycles. The number of rotatable bonds is 6. The Hall–Kier alpha value is -1.62. The van der Waals surface area contributed by atoms with Crippen LogP contribution in [0.3, 0.4) is 0 Å². The summed E-state index contributed by atoms with van der Waals surface area (Å²) in [6.07, 6.45) is 0. The molecule has 0 fully saturated rings. The fourth-order valence-electron chi connectivity index (χ4n) is 2.03. The zero-order valence-corrected chi connectivity index (χ0v) is 15.4. The highest BCUT2D eigenvalue weighted by atomic mass is 35.5. The van der Waals surface area contributed by atoms with E-state index in [1.54, 1.807) is 18.2 Å². The van der Waals surface area contributed by atoms with Crippen molar-refractivity contribution in [2.75, 3.05) is 18.5 Å². The van der Waals surface area contributed by atoms with E-state index < -0.39 is 0 Å². The number of hydrogen-bond acceptors (Lipinski definition) is 3. The Morgan fingerprint density at radius 2 is 1.62 bits per heavy atom. The molecule has 1 N–H and O–H groups in total. The highest BCUT2D eigenvalue weighted by Gasteiger charge is 2.16. The SMILES string of the molecule is CCOc1ccc(C(=O)Nc2cc(Cl)c(Cl)cc2Cl)c(OCC)c1. The fourth-order valence-corrected chi connectivity index (χ4v) is 2.62. The third-order valence-electron chi connectivity index (χ3n) is 3.07. The van der Waals surface area contributed by atoms with Crippen molar-refractivity contribution in [3.8, 4) is 11.5 Å². The molecule has 0 atom stereocenters. The first-order valence-electron chi connectivity index (χ1n) is 7.31. The number of halogens is 3. The second-order valence-corrected chi connectivity index (χ2v) is 5.95. The lowest BCUT2D eigenvalue weighted by molar-refractivity contribution is 0.102. The number of nitrogens with one attached hydrogen (secondary N) is 1. The lowest BCUT2D eigenvalue weighted by Crippen LogP contribution is -2.14. The van der Waals surface area contributed by atoms with Gasteiger partial charge in [0, 0.05) is 6.07 Å². The molecule has 0 radical (unpaired) electrons. The zero-order valence-electron chi connectivity index (χ0n) is 13.2. The molecule has 0 aliphatic rings. The second kappa shape index (κ2) is 8.47. The Balaban J connectivity index is 2.30. The highest BCUT2D eigenvalue weighted by Crippen LogP contribution is 2.33. The van der Waals surface area contributed by atoms with Crippen LogP contribution in [0.25, 0.3) is 0 Å². The van der Waals surface area contributed by atoms with E-state index in [1.807, 2.05) is 13.8 Å². The molecular formula is C17H16Cl3NO3. The molecule has 0 aromatic heterocycles. The molecule has 4 nitrogen and oxygen atoms in total. The second-order valence-electron chi connectivity index (χ2n) is 4.72. The predicted molar refractivity (Wildman–Crippen MR) is 98.2 cm³/mol. The van der Waals surface area contributed by atoms with E-state index in [-0.39, 0.29) is 5.91 Å². The summed E-state index contributed by atoms with van der Waals surface area (Å²) in [5, 5.41) is 3.62. The van der Waals surface area contributed by atoms with Gasteiger partial charge in [0.25, 0.3) is 5.91 Å². The van der Waals surface area contributed by atoms with Crippen LogP contribution >= 0.6 is 34.8 Å². The molecule has 128 valence electrons. The van der Waals surface area contributed by atoms with Crippen LogP contribution in [0.2, 0.25) is 15.1 Å². The number of benzene rings is 2. The van der Waals surface area contributed by atoms with Gasteiger partial charge in [-0.1, -0.05) is 34.8 Å². The molecule has 0 saturated heterocycles. The van der Waals surface area contributed by atoms with Gasteiger partial charge in [-0.3, -0.25) is 4.79 Å². The Bertz CT molecular complexity index is 750. The first-order valence-corrected chi connectivity index (χ1v) is 8.45. The van der Waals surface area contributed by atoms with Crippen molar-refractivity contribution in [3.05, 3.63) is 51.0 Å². The Morgan fingerprint density at radius 3 is 2.29 bits per heavy atom. The molecule has 24 heavy (non-hydrogen) atoms. The van der Waals surface area contributed by atoms with Gasteiger partial charge < -0.3 is 14.8 Å². The summed E-state index contributed by atoms with van der Waals surface area (Å²) < 4.78 is 11.0. The molecule has 2 aromatic rings.